The van der Waals surface area contributed by atoms with E-state index in [1.54, 1.807) is 0 Å². The lowest BCUT2D eigenvalue weighted by molar-refractivity contribution is 0.495. The summed E-state index contributed by atoms with van der Waals surface area (Å²) >= 11 is 0. The number of nitrogens with zero attached hydrogens (tertiary/aromatic N) is 2. The molecule has 0 aromatic heterocycles. The normalized spacial score (nSPS) is 11.4. The molecule has 2 N–H and O–H groups in total. The summed E-state index contributed by atoms with van der Waals surface area (Å²) in [6.45, 7) is 2.84. The molecule has 2 aromatic rings. The molecule has 0 radical (unpaired) electrons. The minimum Gasteiger partial charge on any atom is -0.369 e. The number of guanidine groups is 1. The molecule has 0 bridgehead atoms. The third kappa shape index (κ3) is 3.85. The lowest BCUT2D eigenvalue weighted by atomic mass is 10.1. The Hall–Kier alpha value is -2.29. The van der Waals surface area contributed by atoms with Crippen molar-refractivity contribution in [3.05, 3.63) is 65.7 Å². The lowest BCUT2D eigenvalue weighted by Crippen LogP contribution is -2.33. The Morgan fingerprint density at radius 3 is 2.53 bits per heavy atom. The molecule has 0 spiro atoms. The molecule has 0 aliphatic rings. The average Bonchev–Trinajstić information content (AvgIpc) is 2.40. The Kier molecular flexibility index (Phi) is 4.18. The van der Waals surface area contributed by atoms with E-state index in [1.807, 2.05) is 42.3 Å². The van der Waals surface area contributed by atoms with Gasteiger partial charge in [0.1, 0.15) is 0 Å². The summed E-state index contributed by atoms with van der Waals surface area (Å²) in [5, 5.41) is 0. The van der Waals surface area contributed by atoms with Crippen molar-refractivity contribution in [1.29, 1.82) is 0 Å². The molecule has 3 nitrogen and oxygen atoms in total. The van der Waals surface area contributed by atoms with Crippen molar-refractivity contribution in [3.8, 4) is 0 Å². The molecule has 0 unspecified atom stereocenters. The second kappa shape index (κ2) is 6.05. The van der Waals surface area contributed by atoms with Crippen LogP contribution < -0.4 is 5.73 Å². The highest BCUT2D eigenvalue weighted by atomic mass is 15.2. The first-order valence-corrected chi connectivity index (χ1v) is 6.31. The van der Waals surface area contributed by atoms with Crippen molar-refractivity contribution < 1.29 is 0 Å². The molecule has 2 aromatic carbocycles. The zero-order chi connectivity index (χ0) is 13.7. The number of rotatable bonds is 3. The maximum absolute atomic E-state index is 6.01. The maximum Gasteiger partial charge on any atom is 0.196 e. The molecular weight excluding hydrogens is 234 g/mol. The summed E-state index contributed by atoms with van der Waals surface area (Å²) in [5.74, 6) is 0.521. The van der Waals surface area contributed by atoms with E-state index in [9.17, 15) is 0 Å². The molecule has 0 amide bonds. The predicted octanol–water partition coefficient (Wildman–Crippen LogP) is 3.07. The maximum atomic E-state index is 6.01. The Balaban J connectivity index is 2.07. The smallest absolute Gasteiger partial charge is 0.196 e. The summed E-state index contributed by atoms with van der Waals surface area (Å²) in [5.41, 5.74) is 9.37. The van der Waals surface area contributed by atoms with Gasteiger partial charge in [-0.05, 0) is 24.6 Å². The molecule has 0 heterocycles. The zero-order valence-electron chi connectivity index (χ0n) is 11.4. The highest BCUT2D eigenvalue weighted by molar-refractivity contribution is 5.80. The van der Waals surface area contributed by atoms with Gasteiger partial charge in [-0.25, -0.2) is 4.99 Å². The highest BCUT2D eigenvalue weighted by Crippen LogP contribution is 2.11. The van der Waals surface area contributed by atoms with Gasteiger partial charge in [-0.15, -0.1) is 0 Å². The van der Waals surface area contributed by atoms with E-state index in [1.165, 1.54) is 11.1 Å². The van der Waals surface area contributed by atoms with Crippen LogP contribution in [-0.4, -0.2) is 17.9 Å². The summed E-state index contributed by atoms with van der Waals surface area (Å²) in [4.78, 5) is 6.34. The van der Waals surface area contributed by atoms with Crippen molar-refractivity contribution in [3.63, 3.8) is 0 Å². The molecule has 0 fully saturated rings. The van der Waals surface area contributed by atoms with Crippen molar-refractivity contribution in [2.75, 3.05) is 7.05 Å². The summed E-state index contributed by atoms with van der Waals surface area (Å²) in [6.07, 6.45) is 0. The molecule has 2 rings (SSSR count). The standard InChI is InChI=1S/C16H19N3/c1-13-7-6-8-14(11-13)12-19(2)16(17)18-15-9-4-3-5-10-15/h3-11H,12H2,1-2H3,(H2,17,18). The first kappa shape index (κ1) is 13.1. The number of aryl methyl sites for hydroxylation is 1. The monoisotopic (exact) mass is 253 g/mol. The topological polar surface area (TPSA) is 41.6 Å². The van der Waals surface area contributed by atoms with Crippen LogP contribution in [0.4, 0.5) is 5.69 Å². The van der Waals surface area contributed by atoms with Gasteiger partial charge in [-0.1, -0.05) is 48.0 Å². The van der Waals surface area contributed by atoms with E-state index >= 15 is 0 Å². The Morgan fingerprint density at radius 2 is 1.84 bits per heavy atom. The van der Waals surface area contributed by atoms with Crippen molar-refractivity contribution in [2.24, 2.45) is 10.7 Å². The van der Waals surface area contributed by atoms with Gasteiger partial charge < -0.3 is 10.6 Å². The molecule has 0 atom stereocenters. The summed E-state index contributed by atoms with van der Waals surface area (Å²) in [6, 6.07) is 18.1. The van der Waals surface area contributed by atoms with Crippen LogP contribution in [0.1, 0.15) is 11.1 Å². The van der Waals surface area contributed by atoms with Crippen molar-refractivity contribution in [1.82, 2.24) is 4.90 Å². The lowest BCUT2D eigenvalue weighted by Gasteiger charge is -2.18. The first-order chi connectivity index (χ1) is 9.15. The van der Waals surface area contributed by atoms with Gasteiger partial charge in [0.25, 0.3) is 0 Å². The third-order valence-corrected chi connectivity index (χ3v) is 2.89. The quantitative estimate of drug-likeness (QED) is 0.674. The van der Waals surface area contributed by atoms with Crippen LogP contribution in [0.2, 0.25) is 0 Å². The third-order valence-electron chi connectivity index (χ3n) is 2.89. The second-order valence-electron chi connectivity index (χ2n) is 4.65. The minimum absolute atomic E-state index is 0.521. The summed E-state index contributed by atoms with van der Waals surface area (Å²) in [7, 11) is 1.95. The Bertz CT molecular complexity index is 561. The van der Waals surface area contributed by atoms with Gasteiger partial charge in [-0.2, -0.15) is 0 Å². The molecule has 19 heavy (non-hydrogen) atoms. The van der Waals surface area contributed by atoms with Crippen LogP contribution in [-0.2, 0) is 6.54 Å². The number of aliphatic imine (C=N–C) groups is 1. The van der Waals surface area contributed by atoms with Gasteiger partial charge in [0.2, 0.25) is 0 Å². The molecule has 0 aliphatic carbocycles. The molecule has 98 valence electrons. The first-order valence-electron chi connectivity index (χ1n) is 6.31. The van der Waals surface area contributed by atoms with Crippen LogP contribution in [0.25, 0.3) is 0 Å². The number of nitrogens with two attached hydrogens (primary N) is 1. The van der Waals surface area contributed by atoms with E-state index in [0.717, 1.165) is 12.2 Å². The zero-order valence-corrected chi connectivity index (χ0v) is 11.4. The van der Waals surface area contributed by atoms with E-state index < -0.39 is 0 Å². The minimum atomic E-state index is 0.521. The number of benzene rings is 2. The van der Waals surface area contributed by atoms with Crippen LogP contribution in [0.3, 0.4) is 0 Å². The number of hydrogen-bond acceptors (Lipinski definition) is 1. The largest absolute Gasteiger partial charge is 0.369 e. The van der Waals surface area contributed by atoms with E-state index in [4.69, 9.17) is 5.73 Å². The van der Waals surface area contributed by atoms with Crippen LogP contribution in [0.5, 0.6) is 0 Å². The number of hydrogen-bond donors (Lipinski definition) is 1. The molecule has 0 saturated carbocycles. The second-order valence-corrected chi connectivity index (χ2v) is 4.65. The fraction of sp³-hybridized carbons (Fsp3) is 0.188. The fourth-order valence-electron chi connectivity index (χ4n) is 1.89. The van der Waals surface area contributed by atoms with Gasteiger partial charge in [0.05, 0.1) is 5.69 Å². The van der Waals surface area contributed by atoms with Gasteiger partial charge in [-0.3, -0.25) is 0 Å². The molecule has 3 heteroatoms. The molecule has 0 aliphatic heterocycles. The van der Waals surface area contributed by atoms with Crippen molar-refractivity contribution >= 4 is 11.6 Å². The van der Waals surface area contributed by atoms with Crippen molar-refractivity contribution in [2.45, 2.75) is 13.5 Å². The summed E-state index contributed by atoms with van der Waals surface area (Å²) < 4.78 is 0. The Labute approximate surface area is 114 Å². The van der Waals surface area contributed by atoms with Gasteiger partial charge >= 0.3 is 0 Å². The average molecular weight is 253 g/mol. The van der Waals surface area contributed by atoms with E-state index in [0.29, 0.717) is 5.96 Å². The molecule has 0 saturated heterocycles. The molecular formula is C16H19N3. The van der Waals surface area contributed by atoms with Crippen LogP contribution in [0.15, 0.2) is 59.6 Å². The fourth-order valence-corrected chi connectivity index (χ4v) is 1.89. The van der Waals surface area contributed by atoms with Crippen LogP contribution in [0, 0.1) is 6.92 Å². The Morgan fingerprint density at radius 1 is 1.11 bits per heavy atom. The van der Waals surface area contributed by atoms with Crippen LogP contribution >= 0.6 is 0 Å². The van der Waals surface area contributed by atoms with Gasteiger partial charge in [0, 0.05) is 13.6 Å². The predicted molar refractivity (Wildman–Crippen MR) is 80.4 cm³/mol. The van der Waals surface area contributed by atoms with Gasteiger partial charge in [0.15, 0.2) is 5.96 Å². The van der Waals surface area contributed by atoms with E-state index in [2.05, 4.69) is 36.2 Å². The SMILES string of the molecule is Cc1cccc(CN(C)C(N)=Nc2ccccc2)c1. The highest BCUT2D eigenvalue weighted by Gasteiger charge is 2.03. The number of para-hydroxylation sites is 1. The van der Waals surface area contributed by atoms with E-state index in [-0.39, 0.29) is 0 Å².